The van der Waals surface area contributed by atoms with Crippen LogP contribution in [0.2, 0.25) is 10.0 Å². The van der Waals surface area contributed by atoms with E-state index in [4.69, 9.17) is 32.7 Å². The van der Waals surface area contributed by atoms with Crippen molar-refractivity contribution in [1.29, 1.82) is 0 Å². The maximum absolute atomic E-state index is 6.04. The number of ether oxygens (including phenoxy) is 2. The van der Waals surface area contributed by atoms with E-state index in [0.717, 1.165) is 23.6 Å². The molecule has 1 aliphatic rings. The van der Waals surface area contributed by atoms with Crippen LogP contribution in [0.25, 0.3) is 0 Å². The molecule has 0 bridgehead atoms. The van der Waals surface area contributed by atoms with Gasteiger partial charge in [-0.1, -0.05) is 48.2 Å². The number of methoxy groups -OCH3 is 1. The van der Waals surface area contributed by atoms with Gasteiger partial charge in [0.05, 0.1) is 17.2 Å². The van der Waals surface area contributed by atoms with Crippen LogP contribution in [0, 0.1) is 0 Å². The minimum absolute atomic E-state index is 0.410. The zero-order chi connectivity index (χ0) is 17.6. The molecule has 0 amide bonds. The van der Waals surface area contributed by atoms with E-state index in [0.29, 0.717) is 22.7 Å². The number of benzene rings is 2. The minimum atomic E-state index is 0.410. The third kappa shape index (κ3) is 5.04. The van der Waals surface area contributed by atoms with Crippen LogP contribution in [0.4, 0.5) is 0 Å². The zero-order valence-electron chi connectivity index (χ0n) is 14.4. The molecule has 25 heavy (non-hydrogen) atoms. The van der Waals surface area contributed by atoms with Gasteiger partial charge in [-0.15, -0.1) is 0 Å². The highest BCUT2D eigenvalue weighted by molar-refractivity contribution is 6.42. The Morgan fingerprint density at radius 1 is 0.960 bits per heavy atom. The van der Waals surface area contributed by atoms with Crippen molar-refractivity contribution in [3.63, 3.8) is 0 Å². The summed E-state index contributed by atoms with van der Waals surface area (Å²) in [7, 11) is 1.66. The Morgan fingerprint density at radius 3 is 2.44 bits per heavy atom. The van der Waals surface area contributed by atoms with E-state index < -0.39 is 0 Å². The fraction of sp³-hybridized carbons (Fsp3) is 0.400. The Kier molecular flexibility index (Phi) is 6.46. The standard InChI is InChI=1S/C20H23Cl2NO2/c1-24-20-11-14(12-23-16-4-2-3-5-16)7-9-19(20)25-13-15-6-8-17(21)18(22)10-15/h6-11,16,23H,2-5,12-13H2,1H3. The van der Waals surface area contributed by atoms with Gasteiger partial charge >= 0.3 is 0 Å². The highest BCUT2D eigenvalue weighted by atomic mass is 35.5. The molecule has 0 atom stereocenters. The topological polar surface area (TPSA) is 30.5 Å². The molecule has 0 heterocycles. The number of rotatable bonds is 7. The van der Waals surface area contributed by atoms with E-state index in [1.807, 2.05) is 24.3 Å². The lowest BCUT2D eigenvalue weighted by atomic mass is 10.1. The van der Waals surface area contributed by atoms with Crippen molar-refractivity contribution in [3.05, 3.63) is 57.6 Å². The second-order valence-electron chi connectivity index (χ2n) is 6.38. The van der Waals surface area contributed by atoms with Gasteiger partial charge in [0.1, 0.15) is 6.61 Å². The van der Waals surface area contributed by atoms with Crippen LogP contribution in [0.15, 0.2) is 36.4 Å². The quantitative estimate of drug-likeness (QED) is 0.677. The van der Waals surface area contributed by atoms with Gasteiger partial charge < -0.3 is 14.8 Å². The van der Waals surface area contributed by atoms with E-state index >= 15 is 0 Å². The smallest absolute Gasteiger partial charge is 0.161 e. The lowest BCUT2D eigenvalue weighted by Crippen LogP contribution is -2.25. The summed E-state index contributed by atoms with van der Waals surface area (Å²) in [5.74, 6) is 1.46. The average Bonchev–Trinajstić information content (AvgIpc) is 3.15. The van der Waals surface area contributed by atoms with Crippen molar-refractivity contribution >= 4 is 23.2 Å². The SMILES string of the molecule is COc1cc(CNC2CCCC2)ccc1OCc1ccc(Cl)c(Cl)c1. The Hall–Kier alpha value is -1.42. The summed E-state index contributed by atoms with van der Waals surface area (Å²) in [6.45, 7) is 1.26. The van der Waals surface area contributed by atoms with Crippen molar-refractivity contribution < 1.29 is 9.47 Å². The van der Waals surface area contributed by atoms with Crippen molar-refractivity contribution in [1.82, 2.24) is 5.32 Å². The minimum Gasteiger partial charge on any atom is -0.493 e. The Balaban J connectivity index is 1.61. The predicted molar refractivity (Wildman–Crippen MR) is 103 cm³/mol. The number of hydrogen-bond acceptors (Lipinski definition) is 3. The predicted octanol–water partition coefficient (Wildman–Crippen LogP) is 5.61. The van der Waals surface area contributed by atoms with Gasteiger partial charge in [0.25, 0.3) is 0 Å². The molecule has 0 spiro atoms. The van der Waals surface area contributed by atoms with Gasteiger partial charge in [-0.2, -0.15) is 0 Å². The van der Waals surface area contributed by atoms with Crippen LogP contribution in [0.5, 0.6) is 11.5 Å². The highest BCUT2D eigenvalue weighted by Crippen LogP contribution is 2.30. The van der Waals surface area contributed by atoms with Gasteiger partial charge in [-0.25, -0.2) is 0 Å². The molecule has 2 aromatic carbocycles. The lowest BCUT2D eigenvalue weighted by Gasteiger charge is -2.15. The molecule has 1 aliphatic carbocycles. The van der Waals surface area contributed by atoms with Crippen LogP contribution >= 0.6 is 23.2 Å². The largest absolute Gasteiger partial charge is 0.493 e. The first-order valence-electron chi connectivity index (χ1n) is 8.63. The Labute approximate surface area is 159 Å². The molecule has 1 N–H and O–H groups in total. The van der Waals surface area contributed by atoms with E-state index in [2.05, 4.69) is 11.4 Å². The van der Waals surface area contributed by atoms with E-state index in [9.17, 15) is 0 Å². The maximum Gasteiger partial charge on any atom is 0.161 e. The second-order valence-corrected chi connectivity index (χ2v) is 7.20. The van der Waals surface area contributed by atoms with Crippen molar-refractivity contribution in [3.8, 4) is 11.5 Å². The molecule has 0 saturated heterocycles. The van der Waals surface area contributed by atoms with Crippen LogP contribution in [-0.4, -0.2) is 13.2 Å². The van der Waals surface area contributed by atoms with Gasteiger partial charge in [-0.05, 0) is 48.2 Å². The first-order chi connectivity index (χ1) is 12.2. The molecule has 5 heteroatoms. The van der Waals surface area contributed by atoms with Crippen molar-refractivity contribution in [2.45, 2.75) is 44.9 Å². The molecule has 134 valence electrons. The Morgan fingerprint density at radius 2 is 1.72 bits per heavy atom. The molecular weight excluding hydrogens is 357 g/mol. The van der Waals surface area contributed by atoms with Gasteiger partial charge in [0.2, 0.25) is 0 Å². The molecule has 1 saturated carbocycles. The van der Waals surface area contributed by atoms with E-state index in [1.165, 1.54) is 31.2 Å². The number of nitrogens with one attached hydrogen (secondary N) is 1. The van der Waals surface area contributed by atoms with Crippen molar-refractivity contribution in [2.75, 3.05) is 7.11 Å². The summed E-state index contributed by atoms with van der Waals surface area (Å²) in [5.41, 5.74) is 2.16. The van der Waals surface area contributed by atoms with Gasteiger partial charge in [0.15, 0.2) is 11.5 Å². The first kappa shape index (κ1) is 18.4. The van der Waals surface area contributed by atoms with Crippen LogP contribution in [0.1, 0.15) is 36.8 Å². The summed E-state index contributed by atoms with van der Waals surface area (Å²) in [5, 5.41) is 4.69. The van der Waals surface area contributed by atoms with Gasteiger partial charge in [0, 0.05) is 12.6 Å². The molecule has 3 nitrogen and oxygen atoms in total. The molecule has 0 unspecified atom stereocenters. The van der Waals surface area contributed by atoms with Crippen LogP contribution in [-0.2, 0) is 13.2 Å². The molecule has 0 aromatic heterocycles. The molecule has 1 fully saturated rings. The number of hydrogen-bond donors (Lipinski definition) is 1. The summed E-state index contributed by atoms with van der Waals surface area (Å²) < 4.78 is 11.4. The summed E-state index contributed by atoms with van der Waals surface area (Å²) >= 11 is 12.0. The van der Waals surface area contributed by atoms with Crippen molar-refractivity contribution in [2.24, 2.45) is 0 Å². The summed E-state index contributed by atoms with van der Waals surface area (Å²) in [6.07, 6.45) is 5.23. The zero-order valence-corrected chi connectivity index (χ0v) is 15.9. The van der Waals surface area contributed by atoms with Crippen LogP contribution < -0.4 is 14.8 Å². The van der Waals surface area contributed by atoms with Gasteiger partial charge in [-0.3, -0.25) is 0 Å². The fourth-order valence-corrected chi connectivity index (χ4v) is 3.44. The third-order valence-corrected chi connectivity index (χ3v) is 5.30. The first-order valence-corrected chi connectivity index (χ1v) is 9.38. The molecule has 3 rings (SSSR count). The highest BCUT2D eigenvalue weighted by Gasteiger charge is 2.14. The summed E-state index contributed by atoms with van der Waals surface area (Å²) in [6, 6.07) is 12.2. The third-order valence-electron chi connectivity index (χ3n) is 4.56. The van der Waals surface area contributed by atoms with E-state index in [-0.39, 0.29) is 0 Å². The van der Waals surface area contributed by atoms with Crippen LogP contribution in [0.3, 0.4) is 0 Å². The average molecular weight is 380 g/mol. The number of halogens is 2. The van der Waals surface area contributed by atoms with E-state index in [1.54, 1.807) is 13.2 Å². The fourth-order valence-electron chi connectivity index (χ4n) is 3.12. The molecular formula is C20H23Cl2NO2. The Bertz CT molecular complexity index is 715. The molecule has 2 aromatic rings. The monoisotopic (exact) mass is 379 g/mol. The lowest BCUT2D eigenvalue weighted by molar-refractivity contribution is 0.284. The second kappa shape index (κ2) is 8.79. The normalized spacial score (nSPS) is 14.7. The summed E-state index contributed by atoms with van der Waals surface area (Å²) in [4.78, 5) is 0. The molecule has 0 radical (unpaired) electrons. The molecule has 0 aliphatic heterocycles. The maximum atomic E-state index is 6.04.